The van der Waals surface area contributed by atoms with Crippen LogP contribution >= 0.6 is 12.2 Å². The summed E-state index contributed by atoms with van der Waals surface area (Å²) in [5, 5.41) is 20.9. The third-order valence-electron chi connectivity index (χ3n) is 4.09. The molecular formula is C20H18N4O11S. The van der Waals surface area contributed by atoms with E-state index in [1.54, 1.807) is 0 Å². The first-order valence-electron chi connectivity index (χ1n) is 9.77. The summed E-state index contributed by atoms with van der Waals surface area (Å²) in [6.45, 7) is 0.283. The maximum Gasteiger partial charge on any atom is 0.347 e. The molecule has 0 fully saturated rings. The Bertz CT molecular complexity index is 1190. The summed E-state index contributed by atoms with van der Waals surface area (Å²) in [6, 6.07) is 9.59. The molecule has 190 valence electrons. The topological polar surface area (TPSA) is 212 Å². The number of rotatable bonds is 12. The second-order valence-electron chi connectivity index (χ2n) is 6.82. The second kappa shape index (κ2) is 12.6. The Morgan fingerprint density at radius 3 is 2.28 bits per heavy atom. The van der Waals surface area contributed by atoms with E-state index in [1.807, 2.05) is 0 Å². The van der Waals surface area contributed by atoms with Crippen molar-refractivity contribution in [2.24, 2.45) is 5.73 Å². The van der Waals surface area contributed by atoms with Crippen LogP contribution in [0.1, 0.15) is 29.3 Å². The van der Waals surface area contributed by atoms with Crippen molar-refractivity contribution in [2.45, 2.75) is 19.4 Å². The zero-order valence-electron chi connectivity index (χ0n) is 18.4. The van der Waals surface area contributed by atoms with Gasteiger partial charge in [-0.1, -0.05) is 12.2 Å². The largest absolute Gasteiger partial charge is 0.425 e. The maximum absolute atomic E-state index is 12.8. The van der Waals surface area contributed by atoms with Crippen molar-refractivity contribution in [1.29, 1.82) is 0 Å². The lowest BCUT2D eigenvalue weighted by Gasteiger charge is -2.15. The molecule has 36 heavy (non-hydrogen) atoms. The first-order chi connectivity index (χ1) is 16.9. The highest BCUT2D eigenvalue weighted by Gasteiger charge is 2.24. The number of benzene rings is 2. The number of carbonyl (C=O) groups is 3. The van der Waals surface area contributed by atoms with Crippen LogP contribution in [0.4, 0.5) is 5.69 Å². The number of hydrogen-bond acceptors (Lipinski definition) is 12. The second-order valence-corrected chi connectivity index (χ2v) is 7.26. The number of amides is 1. The molecule has 3 N–H and O–H groups in total. The lowest BCUT2D eigenvalue weighted by molar-refractivity contribution is -0.789. The number of hydrogen-bond donors (Lipinski definition) is 2. The Kier molecular flexibility index (Phi) is 9.55. The molecule has 15 nitrogen and oxygen atoms in total. The summed E-state index contributed by atoms with van der Waals surface area (Å²) >= 11 is 4.85. The maximum atomic E-state index is 12.8. The Morgan fingerprint density at radius 2 is 1.72 bits per heavy atom. The van der Waals surface area contributed by atoms with Gasteiger partial charge in [-0.05, 0) is 36.4 Å². The Balaban J connectivity index is 2.26. The number of nitrogens with two attached hydrogens (primary N) is 1. The zero-order chi connectivity index (χ0) is 26.8. The van der Waals surface area contributed by atoms with Crippen LogP contribution in [0.25, 0.3) is 0 Å². The normalized spacial score (nSPS) is 10.9. The minimum atomic E-state index is -1.68. The average Bonchev–Trinajstić information content (AvgIpc) is 2.77. The third-order valence-corrected chi connectivity index (χ3v) is 4.33. The molecule has 0 bridgehead atoms. The molecular weight excluding hydrogens is 504 g/mol. The van der Waals surface area contributed by atoms with Gasteiger partial charge in [0.1, 0.15) is 34.8 Å². The average molecular weight is 522 g/mol. The minimum absolute atomic E-state index is 0.111. The standard InChI is InChI=1S/C20H18N4O11S/c1-11(25)22-13-4-7-16(20(27)33-14-5-2-12(3-6-14)19(21)36)17(8-13)34-18(26)9-15(35-24(30)31)10-32-23(28)29/h2-8,15H,9-10H2,1H3,(H2,21,36)(H,22,25). The van der Waals surface area contributed by atoms with E-state index in [2.05, 4.69) is 15.0 Å². The molecule has 0 heterocycles. The molecule has 0 aromatic heterocycles. The molecule has 0 spiro atoms. The van der Waals surface area contributed by atoms with E-state index in [4.69, 9.17) is 27.4 Å². The van der Waals surface area contributed by atoms with Crippen molar-refractivity contribution >= 4 is 40.7 Å². The van der Waals surface area contributed by atoms with E-state index in [1.165, 1.54) is 43.3 Å². The van der Waals surface area contributed by atoms with Gasteiger partial charge < -0.3 is 30.2 Å². The van der Waals surface area contributed by atoms with Gasteiger partial charge in [0.15, 0.2) is 0 Å². The SMILES string of the molecule is CC(=O)Nc1ccc(C(=O)Oc2ccc(C(N)=S)cc2)c(OC(=O)CC(CO[N+](=O)[O-])O[N+](=O)[O-])c1. The molecule has 2 rings (SSSR count). The van der Waals surface area contributed by atoms with Gasteiger partial charge in [-0.25, -0.2) is 4.79 Å². The molecule has 1 amide bonds. The highest BCUT2D eigenvalue weighted by molar-refractivity contribution is 7.80. The molecule has 1 unspecified atom stereocenters. The van der Waals surface area contributed by atoms with E-state index in [0.717, 1.165) is 6.07 Å². The summed E-state index contributed by atoms with van der Waals surface area (Å²) in [7, 11) is 0. The number of thiocarbonyl (C=S) groups is 1. The first kappa shape index (κ1) is 27.4. The van der Waals surface area contributed by atoms with E-state index in [0.29, 0.717) is 5.56 Å². The molecule has 0 saturated carbocycles. The zero-order valence-corrected chi connectivity index (χ0v) is 19.2. The molecule has 0 aliphatic rings. The van der Waals surface area contributed by atoms with Gasteiger partial charge in [0.2, 0.25) is 5.91 Å². The number of nitrogens with zero attached hydrogens (tertiary/aromatic N) is 2. The van der Waals surface area contributed by atoms with Crippen LogP contribution in [-0.2, 0) is 19.3 Å². The van der Waals surface area contributed by atoms with Gasteiger partial charge in [0.25, 0.3) is 10.2 Å². The smallest absolute Gasteiger partial charge is 0.347 e. The molecule has 0 aliphatic carbocycles. The summed E-state index contributed by atoms with van der Waals surface area (Å²) in [5.74, 6) is -2.84. The highest BCUT2D eigenvalue weighted by Crippen LogP contribution is 2.26. The van der Waals surface area contributed by atoms with Crippen molar-refractivity contribution in [1.82, 2.24) is 0 Å². The predicted molar refractivity (Wildman–Crippen MR) is 123 cm³/mol. The van der Waals surface area contributed by atoms with Crippen LogP contribution in [0.5, 0.6) is 11.5 Å². The van der Waals surface area contributed by atoms with Crippen LogP contribution in [0.2, 0.25) is 0 Å². The van der Waals surface area contributed by atoms with Crippen molar-refractivity contribution in [3.05, 3.63) is 73.8 Å². The lowest BCUT2D eigenvalue weighted by atomic mass is 10.1. The molecule has 0 aliphatic heterocycles. The quantitative estimate of drug-likeness (QED) is 0.133. The fraction of sp³-hybridized carbons (Fsp3) is 0.200. The Hall–Kier alpha value is -4.86. The van der Waals surface area contributed by atoms with Gasteiger partial charge in [-0.15, -0.1) is 20.2 Å². The number of ether oxygens (including phenoxy) is 2. The predicted octanol–water partition coefficient (Wildman–Crippen LogP) is 1.58. The molecule has 1 atom stereocenters. The van der Waals surface area contributed by atoms with Gasteiger partial charge in [0, 0.05) is 24.2 Å². The summed E-state index contributed by atoms with van der Waals surface area (Å²) in [6.07, 6.45) is -2.53. The van der Waals surface area contributed by atoms with Crippen LogP contribution in [0.15, 0.2) is 42.5 Å². The molecule has 0 radical (unpaired) electrons. The molecule has 16 heteroatoms. The van der Waals surface area contributed by atoms with Crippen molar-refractivity contribution in [2.75, 3.05) is 11.9 Å². The van der Waals surface area contributed by atoms with E-state index in [9.17, 15) is 34.6 Å². The van der Waals surface area contributed by atoms with Crippen LogP contribution in [0.3, 0.4) is 0 Å². The number of carbonyl (C=O) groups excluding carboxylic acids is 3. The summed E-state index contributed by atoms with van der Waals surface area (Å²) in [5.41, 5.74) is 5.96. The minimum Gasteiger partial charge on any atom is -0.425 e. The van der Waals surface area contributed by atoms with Gasteiger partial charge in [0.05, 0.1) is 6.42 Å². The van der Waals surface area contributed by atoms with Gasteiger partial charge in [-0.3, -0.25) is 9.59 Å². The van der Waals surface area contributed by atoms with Gasteiger partial charge in [-0.2, -0.15) is 0 Å². The van der Waals surface area contributed by atoms with Crippen LogP contribution < -0.4 is 20.5 Å². The Morgan fingerprint density at radius 1 is 1.06 bits per heavy atom. The first-order valence-corrected chi connectivity index (χ1v) is 10.2. The molecule has 2 aromatic rings. The Labute approximate surface area is 207 Å². The number of anilines is 1. The van der Waals surface area contributed by atoms with E-state index < -0.39 is 47.2 Å². The fourth-order valence-corrected chi connectivity index (χ4v) is 2.78. The fourth-order valence-electron chi connectivity index (χ4n) is 2.65. The van der Waals surface area contributed by atoms with Crippen molar-refractivity contribution < 1.29 is 43.7 Å². The van der Waals surface area contributed by atoms with Gasteiger partial charge >= 0.3 is 11.9 Å². The highest BCUT2D eigenvalue weighted by atomic mass is 32.1. The number of nitrogens with one attached hydrogen (secondary N) is 1. The molecule has 0 saturated heterocycles. The van der Waals surface area contributed by atoms with Crippen molar-refractivity contribution in [3.8, 4) is 11.5 Å². The molecule has 2 aromatic carbocycles. The van der Waals surface area contributed by atoms with E-state index in [-0.39, 0.29) is 27.7 Å². The van der Waals surface area contributed by atoms with Crippen molar-refractivity contribution in [3.63, 3.8) is 0 Å². The van der Waals surface area contributed by atoms with Crippen LogP contribution in [-0.4, -0.2) is 45.7 Å². The lowest BCUT2D eigenvalue weighted by Crippen LogP contribution is -2.29. The summed E-state index contributed by atoms with van der Waals surface area (Å²) in [4.78, 5) is 65.8. The monoisotopic (exact) mass is 522 g/mol. The number of esters is 2. The van der Waals surface area contributed by atoms with E-state index >= 15 is 0 Å². The third kappa shape index (κ3) is 8.82. The van der Waals surface area contributed by atoms with Crippen LogP contribution in [0, 0.1) is 20.2 Å². The summed E-state index contributed by atoms with van der Waals surface area (Å²) < 4.78 is 10.4.